The van der Waals surface area contributed by atoms with Gasteiger partial charge in [0.2, 0.25) is 5.91 Å². The summed E-state index contributed by atoms with van der Waals surface area (Å²) in [6, 6.07) is 19.0. The molecule has 1 saturated heterocycles. The number of anilines is 1. The van der Waals surface area contributed by atoms with Gasteiger partial charge in [0.1, 0.15) is 0 Å². The van der Waals surface area contributed by atoms with Crippen molar-refractivity contribution in [3.8, 4) is 0 Å². The van der Waals surface area contributed by atoms with Crippen LogP contribution in [0.5, 0.6) is 0 Å². The van der Waals surface area contributed by atoms with E-state index in [4.69, 9.17) is 0 Å². The molecule has 0 spiro atoms. The fraction of sp³-hybridized carbons (Fsp3) is 0.370. The minimum absolute atomic E-state index is 0.0657. The molecule has 2 heterocycles. The summed E-state index contributed by atoms with van der Waals surface area (Å²) in [6.07, 6.45) is 2.15. The number of hydrogen-bond acceptors (Lipinski definition) is 5. The molecular weight excluding hydrogens is 424 g/mol. The maximum absolute atomic E-state index is 12.3. The van der Waals surface area contributed by atoms with Gasteiger partial charge in [0.05, 0.1) is 18.5 Å². The van der Waals surface area contributed by atoms with Crippen molar-refractivity contribution in [2.75, 3.05) is 37.6 Å². The first kappa shape index (κ1) is 23.7. The van der Waals surface area contributed by atoms with Gasteiger partial charge in [-0.2, -0.15) is 10.2 Å². The van der Waals surface area contributed by atoms with Crippen molar-refractivity contribution < 1.29 is 4.79 Å². The summed E-state index contributed by atoms with van der Waals surface area (Å²) in [5, 5.41) is 8.86. The van der Waals surface area contributed by atoms with Crippen molar-refractivity contribution in [2.24, 2.45) is 5.10 Å². The van der Waals surface area contributed by atoms with Crippen LogP contribution in [0.4, 0.5) is 5.69 Å². The first-order valence-corrected chi connectivity index (χ1v) is 11.9. The van der Waals surface area contributed by atoms with Crippen molar-refractivity contribution in [2.45, 2.75) is 33.7 Å². The van der Waals surface area contributed by atoms with Gasteiger partial charge >= 0.3 is 0 Å². The van der Waals surface area contributed by atoms with Gasteiger partial charge < -0.3 is 4.90 Å². The number of para-hydroxylation sites is 1. The summed E-state index contributed by atoms with van der Waals surface area (Å²) in [5.41, 5.74) is 9.28. The third-order valence-corrected chi connectivity index (χ3v) is 6.42. The molecule has 1 aromatic heterocycles. The van der Waals surface area contributed by atoms with E-state index in [0.29, 0.717) is 13.0 Å². The number of hydrogen-bond donors (Lipinski definition) is 1. The molecule has 34 heavy (non-hydrogen) atoms. The third-order valence-electron chi connectivity index (χ3n) is 6.42. The Hall–Kier alpha value is -3.45. The van der Waals surface area contributed by atoms with Crippen molar-refractivity contribution >= 4 is 17.8 Å². The Morgan fingerprint density at radius 1 is 1.00 bits per heavy atom. The Morgan fingerprint density at radius 3 is 2.41 bits per heavy atom. The molecule has 1 aliphatic rings. The standard InChI is InChI=1S/C27H34N6O/c1-21-9-11-24(12-10-21)20-33-23(3)26(22(2)30-33)19-28-29-27(34)13-14-31-15-17-32(18-16-31)25-7-5-4-6-8-25/h4-12,19H,13-18,20H2,1-3H3,(H,29,34)/b28-19-. The largest absolute Gasteiger partial charge is 0.369 e. The second-order valence-corrected chi connectivity index (χ2v) is 8.94. The van der Waals surface area contributed by atoms with Crippen LogP contribution in [0, 0.1) is 20.8 Å². The number of rotatable bonds is 8. The van der Waals surface area contributed by atoms with Crippen LogP contribution in [0.1, 0.15) is 34.5 Å². The van der Waals surface area contributed by atoms with Crippen LogP contribution in [0.25, 0.3) is 0 Å². The van der Waals surface area contributed by atoms with Gasteiger partial charge in [-0.3, -0.25) is 14.4 Å². The summed E-state index contributed by atoms with van der Waals surface area (Å²) in [6.45, 7) is 11.4. The highest BCUT2D eigenvalue weighted by atomic mass is 16.2. The smallest absolute Gasteiger partial charge is 0.241 e. The molecular formula is C27H34N6O. The first-order chi connectivity index (χ1) is 16.5. The molecule has 0 radical (unpaired) electrons. The number of benzene rings is 2. The molecule has 1 N–H and O–H groups in total. The van der Waals surface area contributed by atoms with E-state index in [2.05, 4.69) is 80.9 Å². The van der Waals surface area contributed by atoms with Crippen molar-refractivity contribution in [3.63, 3.8) is 0 Å². The second-order valence-electron chi connectivity index (χ2n) is 8.94. The van der Waals surface area contributed by atoms with E-state index in [9.17, 15) is 4.79 Å². The minimum Gasteiger partial charge on any atom is -0.369 e. The lowest BCUT2D eigenvalue weighted by Gasteiger charge is -2.36. The lowest BCUT2D eigenvalue weighted by molar-refractivity contribution is -0.121. The quantitative estimate of drug-likeness (QED) is 0.414. The zero-order valence-electron chi connectivity index (χ0n) is 20.4. The molecule has 0 atom stereocenters. The van der Waals surface area contributed by atoms with E-state index in [1.165, 1.54) is 16.8 Å². The molecule has 1 amide bonds. The highest BCUT2D eigenvalue weighted by Crippen LogP contribution is 2.16. The molecule has 0 unspecified atom stereocenters. The van der Waals surface area contributed by atoms with Crippen LogP contribution in [0.3, 0.4) is 0 Å². The number of piperazine rings is 1. The van der Waals surface area contributed by atoms with Crippen molar-refractivity contribution in [1.29, 1.82) is 0 Å². The number of aromatic nitrogens is 2. The molecule has 0 bridgehead atoms. The molecule has 1 fully saturated rings. The van der Waals surface area contributed by atoms with Crippen LogP contribution >= 0.6 is 0 Å². The Kier molecular flexibility index (Phi) is 7.75. The Morgan fingerprint density at radius 2 is 1.71 bits per heavy atom. The lowest BCUT2D eigenvalue weighted by Crippen LogP contribution is -2.47. The Labute approximate surface area is 202 Å². The van der Waals surface area contributed by atoms with Gasteiger partial charge in [0.25, 0.3) is 0 Å². The van der Waals surface area contributed by atoms with Crippen LogP contribution < -0.4 is 10.3 Å². The van der Waals surface area contributed by atoms with Crippen molar-refractivity contribution in [3.05, 3.63) is 82.7 Å². The van der Waals surface area contributed by atoms with Gasteiger partial charge in [0.15, 0.2) is 0 Å². The van der Waals surface area contributed by atoms with Crippen LogP contribution in [-0.4, -0.2) is 59.5 Å². The highest BCUT2D eigenvalue weighted by molar-refractivity contribution is 5.84. The summed E-state index contributed by atoms with van der Waals surface area (Å²) in [4.78, 5) is 17.1. The van der Waals surface area contributed by atoms with Gasteiger partial charge in [-0.25, -0.2) is 5.43 Å². The fourth-order valence-electron chi connectivity index (χ4n) is 4.27. The summed E-state index contributed by atoms with van der Waals surface area (Å²) in [7, 11) is 0. The van der Waals surface area contributed by atoms with E-state index < -0.39 is 0 Å². The molecule has 7 nitrogen and oxygen atoms in total. The molecule has 1 aliphatic heterocycles. The number of hydrazone groups is 1. The maximum atomic E-state index is 12.3. The number of amides is 1. The third kappa shape index (κ3) is 6.11. The number of carbonyl (C=O) groups is 1. The summed E-state index contributed by atoms with van der Waals surface area (Å²) < 4.78 is 1.98. The topological polar surface area (TPSA) is 65.8 Å². The average Bonchev–Trinajstić information content (AvgIpc) is 3.12. The first-order valence-electron chi connectivity index (χ1n) is 11.9. The fourth-order valence-corrected chi connectivity index (χ4v) is 4.27. The van der Waals surface area contributed by atoms with Crippen LogP contribution in [-0.2, 0) is 11.3 Å². The molecule has 0 aliphatic carbocycles. The van der Waals surface area contributed by atoms with Gasteiger partial charge in [-0.15, -0.1) is 0 Å². The SMILES string of the molecule is Cc1ccc(Cn2nc(C)c(/C=N\NC(=O)CCN3CCN(c4ccccc4)CC3)c2C)cc1. The Bertz CT molecular complexity index is 1110. The summed E-state index contributed by atoms with van der Waals surface area (Å²) >= 11 is 0. The number of carbonyl (C=O) groups excluding carboxylic acids is 1. The van der Waals surface area contributed by atoms with Gasteiger partial charge in [0, 0.05) is 56.1 Å². The number of nitrogens with zero attached hydrogens (tertiary/aromatic N) is 5. The van der Waals surface area contributed by atoms with E-state index in [1.807, 2.05) is 24.6 Å². The lowest BCUT2D eigenvalue weighted by atomic mass is 10.1. The zero-order valence-corrected chi connectivity index (χ0v) is 20.4. The van der Waals surface area contributed by atoms with Crippen molar-refractivity contribution in [1.82, 2.24) is 20.1 Å². The predicted molar refractivity (Wildman–Crippen MR) is 137 cm³/mol. The van der Waals surface area contributed by atoms with Crippen LogP contribution in [0.15, 0.2) is 59.7 Å². The molecule has 3 aromatic rings. The normalized spacial score (nSPS) is 14.6. The maximum Gasteiger partial charge on any atom is 0.241 e. The van der Waals surface area contributed by atoms with Gasteiger partial charge in [-0.1, -0.05) is 48.0 Å². The van der Waals surface area contributed by atoms with E-state index in [1.54, 1.807) is 6.21 Å². The summed E-state index contributed by atoms with van der Waals surface area (Å²) in [5.74, 6) is -0.0657. The van der Waals surface area contributed by atoms with E-state index >= 15 is 0 Å². The molecule has 178 valence electrons. The van der Waals surface area contributed by atoms with E-state index in [-0.39, 0.29) is 5.91 Å². The molecule has 4 rings (SSSR count). The average molecular weight is 459 g/mol. The van der Waals surface area contributed by atoms with Crippen LogP contribution in [0.2, 0.25) is 0 Å². The molecule has 0 saturated carbocycles. The van der Waals surface area contributed by atoms with Gasteiger partial charge in [-0.05, 0) is 38.5 Å². The second kappa shape index (κ2) is 11.1. The monoisotopic (exact) mass is 458 g/mol. The highest BCUT2D eigenvalue weighted by Gasteiger charge is 2.17. The Balaban J connectivity index is 1.23. The number of nitrogens with one attached hydrogen (secondary N) is 1. The predicted octanol–water partition coefficient (Wildman–Crippen LogP) is 3.52. The van der Waals surface area contributed by atoms with E-state index in [0.717, 1.165) is 49.7 Å². The zero-order chi connectivity index (χ0) is 23.9. The molecule has 2 aromatic carbocycles. The minimum atomic E-state index is -0.0657. The number of aryl methyl sites for hydroxylation is 2. The molecule has 7 heteroatoms.